The van der Waals surface area contributed by atoms with E-state index in [1.54, 1.807) is 24.3 Å². The molecule has 2 aromatic carbocycles. The average Bonchev–Trinajstić information content (AvgIpc) is 2.98. The maximum Gasteiger partial charge on any atom is 0.166 e. The van der Waals surface area contributed by atoms with Crippen LogP contribution in [0.5, 0.6) is 0 Å². The standard InChI is InChI=1S/C17H14F2N2OS/c18-13-5-1-11(2-6-13)15-16(12-3-7-14(19)8-4-12)21-17(20-15)23-10-9-22/h1-8,22H,9-10H2,(H,20,21). The van der Waals surface area contributed by atoms with Crippen molar-refractivity contribution in [3.8, 4) is 22.5 Å². The van der Waals surface area contributed by atoms with E-state index < -0.39 is 0 Å². The third kappa shape index (κ3) is 3.60. The predicted molar refractivity (Wildman–Crippen MR) is 87.2 cm³/mol. The number of aromatic amines is 1. The van der Waals surface area contributed by atoms with Crippen molar-refractivity contribution in [3.05, 3.63) is 60.2 Å². The number of rotatable bonds is 5. The number of nitrogens with one attached hydrogen (secondary N) is 1. The van der Waals surface area contributed by atoms with Crippen LogP contribution in [0.3, 0.4) is 0 Å². The molecule has 0 aliphatic carbocycles. The molecule has 0 amide bonds. The highest BCUT2D eigenvalue weighted by Crippen LogP contribution is 2.32. The van der Waals surface area contributed by atoms with Crippen molar-refractivity contribution in [3.63, 3.8) is 0 Å². The summed E-state index contributed by atoms with van der Waals surface area (Å²) in [5.41, 5.74) is 2.95. The van der Waals surface area contributed by atoms with Crippen LogP contribution in [0.15, 0.2) is 53.7 Å². The second-order valence-electron chi connectivity index (χ2n) is 4.85. The molecule has 0 unspecified atom stereocenters. The second-order valence-corrected chi connectivity index (χ2v) is 5.94. The van der Waals surface area contributed by atoms with Gasteiger partial charge in [0.1, 0.15) is 11.6 Å². The van der Waals surface area contributed by atoms with Crippen molar-refractivity contribution in [2.75, 3.05) is 12.4 Å². The molecule has 1 heterocycles. The number of aromatic nitrogens is 2. The molecule has 3 aromatic rings. The van der Waals surface area contributed by atoms with Crippen LogP contribution in [0.2, 0.25) is 0 Å². The van der Waals surface area contributed by atoms with E-state index in [0.29, 0.717) is 16.6 Å². The fraction of sp³-hybridized carbons (Fsp3) is 0.118. The monoisotopic (exact) mass is 332 g/mol. The topological polar surface area (TPSA) is 48.9 Å². The summed E-state index contributed by atoms with van der Waals surface area (Å²) in [6.07, 6.45) is 0. The Hall–Kier alpha value is -2.18. The van der Waals surface area contributed by atoms with Gasteiger partial charge >= 0.3 is 0 Å². The summed E-state index contributed by atoms with van der Waals surface area (Å²) >= 11 is 1.39. The number of imidazole rings is 1. The molecule has 118 valence electrons. The van der Waals surface area contributed by atoms with Crippen molar-refractivity contribution in [1.82, 2.24) is 9.97 Å². The maximum absolute atomic E-state index is 13.1. The Morgan fingerprint density at radius 1 is 0.913 bits per heavy atom. The summed E-state index contributed by atoms with van der Waals surface area (Å²) in [6.45, 7) is 0.0448. The Labute approximate surface area is 136 Å². The molecule has 0 saturated heterocycles. The molecule has 2 N–H and O–H groups in total. The van der Waals surface area contributed by atoms with E-state index in [0.717, 1.165) is 16.8 Å². The Morgan fingerprint density at radius 3 is 2.04 bits per heavy atom. The van der Waals surface area contributed by atoms with Gasteiger partial charge in [0, 0.05) is 16.9 Å². The van der Waals surface area contributed by atoms with Crippen molar-refractivity contribution in [2.45, 2.75) is 5.16 Å². The van der Waals surface area contributed by atoms with Crippen LogP contribution in [0.25, 0.3) is 22.5 Å². The van der Waals surface area contributed by atoms with Gasteiger partial charge in [-0.1, -0.05) is 11.8 Å². The number of aliphatic hydroxyl groups excluding tert-OH is 1. The zero-order valence-corrected chi connectivity index (χ0v) is 12.9. The molecule has 0 aliphatic heterocycles. The van der Waals surface area contributed by atoms with Crippen molar-refractivity contribution < 1.29 is 13.9 Å². The molecule has 1 aromatic heterocycles. The van der Waals surface area contributed by atoms with E-state index in [-0.39, 0.29) is 18.2 Å². The number of hydrogen-bond donors (Lipinski definition) is 2. The molecule has 0 spiro atoms. The highest BCUT2D eigenvalue weighted by atomic mass is 32.2. The van der Waals surface area contributed by atoms with E-state index in [1.807, 2.05) is 0 Å². The Morgan fingerprint density at radius 2 is 1.48 bits per heavy atom. The smallest absolute Gasteiger partial charge is 0.166 e. The van der Waals surface area contributed by atoms with Gasteiger partial charge in [0.2, 0.25) is 0 Å². The van der Waals surface area contributed by atoms with Crippen LogP contribution in [-0.4, -0.2) is 27.4 Å². The van der Waals surface area contributed by atoms with E-state index in [2.05, 4.69) is 9.97 Å². The molecule has 0 atom stereocenters. The van der Waals surface area contributed by atoms with Gasteiger partial charge in [0.25, 0.3) is 0 Å². The van der Waals surface area contributed by atoms with Gasteiger partial charge in [-0.15, -0.1) is 0 Å². The van der Waals surface area contributed by atoms with Gasteiger partial charge in [-0.2, -0.15) is 0 Å². The zero-order valence-electron chi connectivity index (χ0n) is 12.1. The largest absolute Gasteiger partial charge is 0.396 e. The molecule has 3 rings (SSSR count). The van der Waals surface area contributed by atoms with Crippen LogP contribution >= 0.6 is 11.8 Å². The summed E-state index contributed by atoms with van der Waals surface area (Å²) in [4.78, 5) is 7.72. The molecule has 0 saturated carbocycles. The van der Waals surface area contributed by atoms with E-state index in [4.69, 9.17) is 5.11 Å². The van der Waals surface area contributed by atoms with Gasteiger partial charge < -0.3 is 10.1 Å². The normalized spacial score (nSPS) is 10.9. The van der Waals surface area contributed by atoms with Crippen LogP contribution < -0.4 is 0 Å². The summed E-state index contributed by atoms with van der Waals surface area (Å²) in [5, 5.41) is 9.60. The molecule has 0 aliphatic rings. The Balaban J connectivity index is 2.06. The van der Waals surface area contributed by atoms with Gasteiger partial charge in [-0.25, -0.2) is 13.8 Å². The summed E-state index contributed by atoms with van der Waals surface area (Å²) in [7, 11) is 0. The van der Waals surface area contributed by atoms with Crippen LogP contribution in [-0.2, 0) is 0 Å². The van der Waals surface area contributed by atoms with E-state index in [9.17, 15) is 8.78 Å². The van der Waals surface area contributed by atoms with Gasteiger partial charge in [-0.3, -0.25) is 0 Å². The van der Waals surface area contributed by atoms with Crippen molar-refractivity contribution >= 4 is 11.8 Å². The first-order valence-corrected chi connectivity index (χ1v) is 8.01. The van der Waals surface area contributed by atoms with E-state index >= 15 is 0 Å². The molecule has 0 fully saturated rings. The SMILES string of the molecule is OCCSc1nc(-c2ccc(F)cc2)c(-c2ccc(F)cc2)[nH]1. The van der Waals surface area contributed by atoms with E-state index in [1.165, 1.54) is 36.0 Å². The minimum Gasteiger partial charge on any atom is -0.396 e. The number of aliphatic hydroxyl groups is 1. The van der Waals surface area contributed by atoms with Crippen LogP contribution in [0.1, 0.15) is 0 Å². The van der Waals surface area contributed by atoms with Crippen LogP contribution in [0, 0.1) is 11.6 Å². The number of H-pyrrole nitrogens is 1. The van der Waals surface area contributed by atoms with Gasteiger partial charge in [0.05, 0.1) is 18.0 Å². The summed E-state index contributed by atoms with van der Waals surface area (Å²) in [6, 6.07) is 12.1. The first kappa shape index (κ1) is 15.7. The number of halogens is 2. The highest BCUT2D eigenvalue weighted by molar-refractivity contribution is 7.99. The fourth-order valence-electron chi connectivity index (χ4n) is 2.20. The zero-order chi connectivity index (χ0) is 16.2. The lowest BCUT2D eigenvalue weighted by Crippen LogP contribution is -1.86. The first-order chi connectivity index (χ1) is 11.2. The highest BCUT2D eigenvalue weighted by Gasteiger charge is 2.14. The fourth-order valence-corrected chi connectivity index (χ4v) is 2.82. The van der Waals surface area contributed by atoms with Gasteiger partial charge in [-0.05, 0) is 48.5 Å². The molecule has 23 heavy (non-hydrogen) atoms. The first-order valence-electron chi connectivity index (χ1n) is 7.03. The third-order valence-electron chi connectivity index (χ3n) is 3.26. The molecule has 3 nitrogen and oxygen atoms in total. The number of nitrogens with zero attached hydrogens (tertiary/aromatic N) is 1. The summed E-state index contributed by atoms with van der Waals surface area (Å²) in [5.74, 6) is -0.117. The molecule has 6 heteroatoms. The molecule has 0 radical (unpaired) electrons. The maximum atomic E-state index is 13.1. The minimum atomic E-state index is -0.317. The number of thioether (sulfide) groups is 1. The second kappa shape index (κ2) is 6.93. The lowest BCUT2D eigenvalue weighted by atomic mass is 10.1. The minimum absolute atomic E-state index is 0.0448. The lowest BCUT2D eigenvalue weighted by Gasteiger charge is -2.03. The Kier molecular flexibility index (Phi) is 4.73. The van der Waals surface area contributed by atoms with Crippen molar-refractivity contribution in [1.29, 1.82) is 0 Å². The lowest BCUT2D eigenvalue weighted by molar-refractivity contribution is 0.322. The predicted octanol–water partition coefficient (Wildman–Crippen LogP) is 4.11. The van der Waals surface area contributed by atoms with Crippen LogP contribution in [0.4, 0.5) is 8.78 Å². The molecular formula is C17H14F2N2OS. The quantitative estimate of drug-likeness (QED) is 0.692. The summed E-state index contributed by atoms with van der Waals surface area (Å²) < 4.78 is 26.3. The number of hydrogen-bond acceptors (Lipinski definition) is 3. The van der Waals surface area contributed by atoms with Crippen molar-refractivity contribution in [2.24, 2.45) is 0 Å². The number of benzene rings is 2. The Bertz CT molecular complexity index is 722. The molecular weight excluding hydrogens is 318 g/mol. The average molecular weight is 332 g/mol. The molecule has 0 bridgehead atoms. The third-order valence-corrected chi connectivity index (χ3v) is 4.12. The van der Waals surface area contributed by atoms with Gasteiger partial charge in [0.15, 0.2) is 5.16 Å².